The number of carbonyl (C=O) groups is 2. The van der Waals surface area contributed by atoms with Crippen LogP contribution in [0.25, 0.3) is 0 Å². The van der Waals surface area contributed by atoms with Gasteiger partial charge in [0.05, 0.1) is 11.6 Å². The quantitative estimate of drug-likeness (QED) is 0.789. The fourth-order valence-electron chi connectivity index (χ4n) is 0.878. The van der Waals surface area contributed by atoms with Crippen LogP contribution in [0.5, 0.6) is 0 Å². The second-order valence-electron chi connectivity index (χ2n) is 2.34. The number of amides is 1. The molecule has 0 aliphatic heterocycles. The van der Waals surface area contributed by atoms with E-state index in [1.165, 1.54) is 7.11 Å². The minimum atomic E-state index is -0.635. The molecule has 0 atom stereocenters. The molecule has 1 heterocycles. The van der Waals surface area contributed by atoms with Crippen LogP contribution < -0.4 is 11.5 Å². The topological polar surface area (TPSA) is 95.4 Å². The third-order valence-electron chi connectivity index (χ3n) is 1.49. The molecular weight excluding hydrogens is 272 g/mol. The molecule has 0 radical (unpaired) electrons. The summed E-state index contributed by atoms with van der Waals surface area (Å²) < 4.78 is 4.79. The molecule has 7 heteroatoms. The normalized spacial score (nSPS) is 9.86. The molecule has 1 amide bonds. The lowest BCUT2D eigenvalue weighted by molar-refractivity contribution is 0.0601. The molecule has 1 aromatic rings. The highest BCUT2D eigenvalue weighted by Crippen LogP contribution is 2.35. The number of esters is 1. The lowest BCUT2D eigenvalue weighted by Crippen LogP contribution is -2.10. The maximum absolute atomic E-state index is 11.2. The molecule has 14 heavy (non-hydrogen) atoms. The summed E-state index contributed by atoms with van der Waals surface area (Å²) in [4.78, 5) is 22.3. The highest BCUT2D eigenvalue weighted by Gasteiger charge is 2.23. The number of primary amides is 1. The Morgan fingerprint density at radius 3 is 2.43 bits per heavy atom. The number of methoxy groups -OCH3 is 1. The molecule has 0 fully saturated rings. The van der Waals surface area contributed by atoms with Crippen molar-refractivity contribution >= 4 is 44.1 Å². The van der Waals surface area contributed by atoms with Crippen LogP contribution in [-0.4, -0.2) is 19.0 Å². The summed E-state index contributed by atoms with van der Waals surface area (Å²) in [6.07, 6.45) is 0. The van der Waals surface area contributed by atoms with Crippen molar-refractivity contribution in [2.75, 3.05) is 12.8 Å². The van der Waals surface area contributed by atoms with Crippen molar-refractivity contribution < 1.29 is 14.3 Å². The molecule has 1 rings (SSSR count). The van der Waals surface area contributed by atoms with Gasteiger partial charge in [0.2, 0.25) is 0 Å². The molecule has 0 aliphatic rings. The van der Waals surface area contributed by atoms with Gasteiger partial charge < -0.3 is 16.2 Å². The standard InChI is InChI=1S/C7H7BrN2O3S/c1-13-7(12)2-3(8)4(5(9)11)14-6(2)10/h10H2,1H3,(H2,9,11). The molecule has 0 bridgehead atoms. The van der Waals surface area contributed by atoms with Crippen molar-refractivity contribution in [1.29, 1.82) is 0 Å². The van der Waals surface area contributed by atoms with Gasteiger partial charge >= 0.3 is 5.97 Å². The van der Waals surface area contributed by atoms with Crippen molar-refractivity contribution in [3.8, 4) is 0 Å². The van der Waals surface area contributed by atoms with Gasteiger partial charge in [0.1, 0.15) is 15.4 Å². The van der Waals surface area contributed by atoms with Gasteiger partial charge in [-0.15, -0.1) is 11.3 Å². The third kappa shape index (κ3) is 1.73. The molecule has 76 valence electrons. The fourth-order valence-corrected chi connectivity index (χ4v) is 2.62. The second-order valence-corrected chi connectivity index (χ2v) is 4.19. The summed E-state index contributed by atoms with van der Waals surface area (Å²) in [6.45, 7) is 0. The Balaban J connectivity index is 3.31. The first kappa shape index (κ1) is 11.0. The zero-order valence-corrected chi connectivity index (χ0v) is 9.57. The molecule has 0 saturated carbocycles. The SMILES string of the molecule is COC(=O)c1c(N)sc(C(N)=O)c1Br. The van der Waals surface area contributed by atoms with Crippen LogP contribution in [0.4, 0.5) is 5.00 Å². The Morgan fingerprint density at radius 1 is 1.50 bits per heavy atom. The first-order valence-electron chi connectivity index (χ1n) is 3.45. The Bertz CT molecular complexity index is 402. The fraction of sp³-hybridized carbons (Fsp3) is 0.143. The van der Waals surface area contributed by atoms with E-state index < -0.39 is 11.9 Å². The van der Waals surface area contributed by atoms with Gasteiger partial charge in [0, 0.05) is 0 Å². The molecule has 0 aromatic carbocycles. The van der Waals surface area contributed by atoms with Crippen LogP contribution in [0.1, 0.15) is 20.0 Å². The molecule has 0 spiro atoms. The minimum Gasteiger partial charge on any atom is -0.465 e. The maximum atomic E-state index is 11.2. The van der Waals surface area contributed by atoms with Crippen LogP contribution in [0.2, 0.25) is 0 Å². The molecule has 0 saturated heterocycles. The van der Waals surface area contributed by atoms with Gasteiger partial charge in [-0.25, -0.2) is 4.79 Å². The zero-order chi connectivity index (χ0) is 10.9. The van der Waals surface area contributed by atoms with Gasteiger partial charge in [-0.2, -0.15) is 0 Å². The summed E-state index contributed by atoms with van der Waals surface area (Å²) in [5.41, 5.74) is 10.8. The predicted molar refractivity (Wildman–Crippen MR) is 56.3 cm³/mol. The number of thiophene rings is 1. The average molecular weight is 279 g/mol. The van der Waals surface area contributed by atoms with Gasteiger partial charge in [0.15, 0.2) is 0 Å². The van der Waals surface area contributed by atoms with Crippen molar-refractivity contribution in [3.05, 3.63) is 14.9 Å². The van der Waals surface area contributed by atoms with E-state index in [0.29, 0.717) is 4.47 Å². The lowest BCUT2D eigenvalue weighted by atomic mass is 10.3. The monoisotopic (exact) mass is 278 g/mol. The predicted octanol–water partition coefficient (Wildman–Crippen LogP) is 0.978. The number of rotatable bonds is 2. The van der Waals surface area contributed by atoms with Gasteiger partial charge in [-0.1, -0.05) is 0 Å². The summed E-state index contributed by atoms with van der Waals surface area (Å²) >= 11 is 4.02. The lowest BCUT2D eigenvalue weighted by Gasteiger charge is -1.97. The van der Waals surface area contributed by atoms with Crippen LogP contribution in [0.3, 0.4) is 0 Å². The Morgan fingerprint density at radius 2 is 2.07 bits per heavy atom. The number of hydrogen-bond donors (Lipinski definition) is 2. The Labute approximate surface area is 92.2 Å². The maximum Gasteiger partial charge on any atom is 0.342 e. The van der Waals surface area contributed by atoms with Crippen molar-refractivity contribution in [1.82, 2.24) is 0 Å². The molecule has 5 nitrogen and oxygen atoms in total. The highest BCUT2D eigenvalue weighted by atomic mass is 79.9. The highest BCUT2D eigenvalue weighted by molar-refractivity contribution is 9.10. The van der Waals surface area contributed by atoms with Crippen LogP contribution in [-0.2, 0) is 4.74 Å². The number of ether oxygens (including phenoxy) is 1. The molecule has 4 N–H and O–H groups in total. The molecule has 0 unspecified atom stereocenters. The van der Waals surface area contributed by atoms with Crippen LogP contribution in [0, 0.1) is 0 Å². The Kier molecular flexibility index (Phi) is 3.12. The van der Waals surface area contributed by atoms with Crippen molar-refractivity contribution in [3.63, 3.8) is 0 Å². The van der Waals surface area contributed by atoms with E-state index in [2.05, 4.69) is 20.7 Å². The van der Waals surface area contributed by atoms with E-state index in [1.54, 1.807) is 0 Å². The van der Waals surface area contributed by atoms with Crippen molar-refractivity contribution in [2.45, 2.75) is 0 Å². The average Bonchev–Trinajstić information content (AvgIpc) is 2.41. The zero-order valence-electron chi connectivity index (χ0n) is 7.17. The second kappa shape index (κ2) is 3.97. The van der Waals surface area contributed by atoms with E-state index >= 15 is 0 Å². The number of nitrogen functional groups attached to an aromatic ring is 1. The first-order chi connectivity index (χ1) is 6.49. The summed E-state index contributed by atoms with van der Waals surface area (Å²) in [5.74, 6) is -1.23. The first-order valence-corrected chi connectivity index (χ1v) is 5.05. The number of anilines is 1. The number of halogens is 1. The van der Waals surface area contributed by atoms with E-state index in [-0.39, 0.29) is 15.4 Å². The molecule has 1 aromatic heterocycles. The molecule has 0 aliphatic carbocycles. The van der Waals surface area contributed by atoms with Gasteiger partial charge in [-0.3, -0.25) is 4.79 Å². The minimum absolute atomic E-state index is 0.145. The van der Waals surface area contributed by atoms with E-state index in [9.17, 15) is 9.59 Å². The van der Waals surface area contributed by atoms with Crippen LogP contribution >= 0.6 is 27.3 Å². The van der Waals surface area contributed by atoms with Crippen molar-refractivity contribution in [2.24, 2.45) is 5.73 Å². The largest absolute Gasteiger partial charge is 0.465 e. The van der Waals surface area contributed by atoms with Gasteiger partial charge in [0.25, 0.3) is 5.91 Å². The van der Waals surface area contributed by atoms with Crippen LogP contribution in [0.15, 0.2) is 4.47 Å². The smallest absolute Gasteiger partial charge is 0.342 e. The number of nitrogens with two attached hydrogens (primary N) is 2. The summed E-state index contributed by atoms with van der Waals surface area (Å²) in [6, 6.07) is 0. The third-order valence-corrected chi connectivity index (χ3v) is 3.58. The number of hydrogen-bond acceptors (Lipinski definition) is 5. The summed E-state index contributed by atoms with van der Waals surface area (Å²) in [7, 11) is 1.23. The van der Waals surface area contributed by atoms with E-state index in [1.807, 2.05) is 0 Å². The molecular formula is C7H7BrN2O3S. The number of carbonyl (C=O) groups excluding carboxylic acids is 2. The Hall–Kier alpha value is -1.08. The van der Waals surface area contributed by atoms with Gasteiger partial charge in [-0.05, 0) is 15.9 Å². The summed E-state index contributed by atoms with van der Waals surface area (Å²) in [5, 5.41) is 0.206. The van der Waals surface area contributed by atoms with E-state index in [4.69, 9.17) is 11.5 Å². The van der Waals surface area contributed by atoms with E-state index in [0.717, 1.165) is 11.3 Å².